The zero-order valence-corrected chi connectivity index (χ0v) is 11.5. The molecule has 2 N–H and O–H groups in total. The SMILES string of the molecule is CC(S)(N=NC(S)(C(=O)O)C(S)S)C(=O)O. The summed E-state index contributed by atoms with van der Waals surface area (Å²) in [4.78, 5) is 17.6. The molecule has 0 saturated heterocycles. The summed E-state index contributed by atoms with van der Waals surface area (Å²) in [5.74, 6) is -2.81. The fourth-order valence-corrected chi connectivity index (χ4v) is 0.835. The first-order valence-electron chi connectivity index (χ1n) is 3.75. The van der Waals surface area contributed by atoms with Crippen molar-refractivity contribution in [1.29, 1.82) is 0 Å². The molecule has 92 valence electrons. The van der Waals surface area contributed by atoms with Crippen LogP contribution >= 0.6 is 50.5 Å². The minimum atomic E-state index is -2.02. The van der Waals surface area contributed by atoms with Gasteiger partial charge in [0.1, 0.15) is 0 Å². The summed E-state index contributed by atoms with van der Waals surface area (Å²) in [7, 11) is 0. The first-order chi connectivity index (χ1) is 7.04. The van der Waals surface area contributed by atoms with Gasteiger partial charge < -0.3 is 10.2 Å². The second-order valence-electron chi connectivity index (χ2n) is 2.93. The van der Waals surface area contributed by atoms with Gasteiger partial charge in [-0.05, 0) is 6.92 Å². The molecule has 0 amide bonds. The topological polar surface area (TPSA) is 99.3 Å². The lowest BCUT2D eigenvalue weighted by Crippen LogP contribution is -2.38. The summed E-state index contributed by atoms with van der Waals surface area (Å²) in [6, 6.07) is 0. The summed E-state index contributed by atoms with van der Waals surface area (Å²) < 4.78 is -1.06. The van der Waals surface area contributed by atoms with Gasteiger partial charge in [0.25, 0.3) is 0 Å². The molecule has 6 nitrogen and oxygen atoms in total. The highest BCUT2D eigenvalue weighted by atomic mass is 32.2. The molecule has 0 aliphatic heterocycles. The van der Waals surface area contributed by atoms with Gasteiger partial charge in [-0.15, -0.1) is 25.3 Å². The number of carbonyl (C=O) groups is 2. The third-order valence-corrected chi connectivity index (χ3v) is 3.45. The predicted molar refractivity (Wildman–Crippen MR) is 71.0 cm³/mol. The summed E-state index contributed by atoms with van der Waals surface area (Å²) >= 11 is 15.0. The Morgan fingerprint density at radius 1 is 1.12 bits per heavy atom. The van der Waals surface area contributed by atoms with Crippen molar-refractivity contribution in [3.63, 3.8) is 0 Å². The lowest BCUT2D eigenvalue weighted by Gasteiger charge is -2.21. The van der Waals surface area contributed by atoms with Crippen LogP contribution in [-0.4, -0.2) is 36.5 Å². The van der Waals surface area contributed by atoms with Crippen LogP contribution in [0.4, 0.5) is 0 Å². The van der Waals surface area contributed by atoms with Gasteiger partial charge in [0.05, 0.1) is 4.58 Å². The second-order valence-corrected chi connectivity index (χ2v) is 5.92. The van der Waals surface area contributed by atoms with Gasteiger partial charge in [-0.1, -0.05) is 0 Å². The van der Waals surface area contributed by atoms with Crippen LogP contribution < -0.4 is 0 Å². The number of thiol groups is 4. The normalized spacial score (nSPS) is 19.4. The highest BCUT2D eigenvalue weighted by molar-refractivity contribution is 8.01. The molecule has 0 fully saturated rings. The van der Waals surface area contributed by atoms with Gasteiger partial charge in [-0.3, -0.25) is 0 Å². The van der Waals surface area contributed by atoms with E-state index in [0.29, 0.717) is 0 Å². The number of carboxylic acids is 2. The third-order valence-electron chi connectivity index (χ3n) is 1.48. The first-order valence-corrected chi connectivity index (χ1v) is 5.68. The Kier molecular flexibility index (Phi) is 5.50. The highest BCUT2D eigenvalue weighted by Crippen LogP contribution is 2.30. The van der Waals surface area contributed by atoms with Crippen molar-refractivity contribution < 1.29 is 19.8 Å². The minimum absolute atomic E-state index is 1.06. The van der Waals surface area contributed by atoms with Crippen molar-refractivity contribution in [2.75, 3.05) is 0 Å². The second kappa shape index (κ2) is 5.52. The van der Waals surface area contributed by atoms with Gasteiger partial charge in [0.15, 0.2) is 0 Å². The number of carboxylic acid groups (broad SMARTS) is 2. The van der Waals surface area contributed by atoms with E-state index in [1.165, 1.54) is 0 Å². The van der Waals surface area contributed by atoms with Crippen molar-refractivity contribution in [3.05, 3.63) is 0 Å². The molecule has 0 spiro atoms. The van der Waals surface area contributed by atoms with E-state index in [2.05, 4.69) is 60.7 Å². The number of rotatable bonds is 5. The number of hydrogen-bond donors (Lipinski definition) is 6. The van der Waals surface area contributed by atoms with E-state index in [9.17, 15) is 9.59 Å². The minimum Gasteiger partial charge on any atom is -0.479 e. The molecule has 0 aliphatic carbocycles. The number of nitrogens with zero attached hydrogens (tertiary/aromatic N) is 2. The summed E-state index contributed by atoms with van der Waals surface area (Å²) in [5, 5.41) is 24.1. The van der Waals surface area contributed by atoms with Gasteiger partial charge in [0.2, 0.25) is 9.74 Å². The largest absolute Gasteiger partial charge is 0.479 e. The van der Waals surface area contributed by atoms with Crippen LogP contribution in [0, 0.1) is 0 Å². The van der Waals surface area contributed by atoms with E-state index >= 15 is 0 Å². The predicted octanol–water partition coefficient (Wildman–Crippen LogP) is 1.07. The van der Waals surface area contributed by atoms with Crippen molar-refractivity contribution in [2.45, 2.75) is 21.2 Å². The maximum atomic E-state index is 10.8. The van der Waals surface area contributed by atoms with Gasteiger partial charge >= 0.3 is 11.9 Å². The first kappa shape index (κ1) is 15.9. The molecule has 16 heavy (non-hydrogen) atoms. The Morgan fingerprint density at radius 2 is 1.56 bits per heavy atom. The van der Waals surface area contributed by atoms with E-state index in [-0.39, 0.29) is 0 Å². The van der Waals surface area contributed by atoms with Crippen molar-refractivity contribution in [2.24, 2.45) is 10.2 Å². The Morgan fingerprint density at radius 3 is 1.81 bits per heavy atom. The van der Waals surface area contributed by atoms with Crippen LogP contribution in [0.3, 0.4) is 0 Å². The molecule has 0 saturated carbocycles. The Bertz CT molecular complexity index is 332. The fraction of sp³-hybridized carbons (Fsp3) is 0.667. The molecule has 0 bridgehead atoms. The van der Waals surface area contributed by atoms with Crippen LogP contribution in [0.15, 0.2) is 10.2 Å². The van der Waals surface area contributed by atoms with Gasteiger partial charge in [0, 0.05) is 0 Å². The van der Waals surface area contributed by atoms with E-state index in [1.54, 1.807) is 0 Å². The molecule has 0 heterocycles. The van der Waals surface area contributed by atoms with Crippen LogP contribution in [0.1, 0.15) is 6.92 Å². The van der Waals surface area contributed by atoms with E-state index in [1.807, 2.05) is 0 Å². The fourth-order valence-electron chi connectivity index (χ4n) is 0.421. The molecule has 2 unspecified atom stereocenters. The van der Waals surface area contributed by atoms with Gasteiger partial charge in [-0.25, -0.2) is 9.59 Å². The monoisotopic (exact) mass is 302 g/mol. The molecular formula is C6H10N2O4S4. The number of azo groups is 1. The lowest BCUT2D eigenvalue weighted by molar-refractivity contribution is -0.141. The zero-order chi connectivity index (χ0) is 13.1. The Hall–Kier alpha value is -0.0600. The van der Waals surface area contributed by atoms with E-state index in [4.69, 9.17) is 10.2 Å². The standard InChI is InChI=1S/C6H10N2O4S4/c1-5(15,2(9)10)7-8-6(16,3(11)12)4(13)14/h4,13-16H,1H3,(H,9,10)(H,11,12). The molecule has 2 atom stereocenters. The Labute approximate surface area is 114 Å². The van der Waals surface area contributed by atoms with Crippen LogP contribution in [0.2, 0.25) is 0 Å². The number of hydrogen-bond acceptors (Lipinski definition) is 8. The maximum absolute atomic E-state index is 10.8. The average molecular weight is 302 g/mol. The summed E-state index contributed by atoms with van der Waals surface area (Å²) in [6.07, 6.45) is 0. The molecular weight excluding hydrogens is 292 g/mol. The molecule has 0 aromatic carbocycles. The van der Waals surface area contributed by atoms with Crippen LogP contribution in [0.25, 0.3) is 0 Å². The Balaban J connectivity index is 5.13. The molecule has 0 aromatic rings. The average Bonchev–Trinajstić information content (AvgIpc) is 2.13. The lowest BCUT2D eigenvalue weighted by atomic mass is 10.3. The molecule has 0 aliphatic rings. The number of aliphatic carboxylic acids is 2. The van der Waals surface area contributed by atoms with E-state index in [0.717, 1.165) is 6.92 Å². The molecule has 0 aromatic heterocycles. The van der Waals surface area contributed by atoms with Crippen molar-refractivity contribution in [1.82, 2.24) is 0 Å². The molecule has 10 heteroatoms. The highest BCUT2D eigenvalue weighted by Gasteiger charge is 2.41. The van der Waals surface area contributed by atoms with E-state index < -0.39 is 26.3 Å². The third kappa shape index (κ3) is 3.75. The van der Waals surface area contributed by atoms with Crippen LogP contribution in [-0.2, 0) is 9.59 Å². The zero-order valence-electron chi connectivity index (χ0n) is 7.97. The summed E-state index contributed by atoms with van der Waals surface area (Å²) in [5.41, 5.74) is 0. The van der Waals surface area contributed by atoms with Crippen molar-refractivity contribution in [3.8, 4) is 0 Å². The van der Waals surface area contributed by atoms with Gasteiger partial charge in [-0.2, -0.15) is 35.5 Å². The smallest absolute Gasteiger partial charge is 0.345 e. The van der Waals surface area contributed by atoms with Crippen LogP contribution in [0.5, 0.6) is 0 Å². The molecule has 0 rings (SSSR count). The van der Waals surface area contributed by atoms with Crippen molar-refractivity contribution >= 4 is 62.5 Å². The summed E-state index contributed by atoms with van der Waals surface area (Å²) in [6.45, 7) is 1.14. The maximum Gasteiger partial charge on any atom is 0.345 e. The quantitative estimate of drug-likeness (QED) is 0.260. The molecule has 0 radical (unpaired) electrons.